The predicted octanol–water partition coefficient (Wildman–Crippen LogP) is 0.299. The van der Waals surface area contributed by atoms with Gasteiger partial charge < -0.3 is 15.3 Å². The number of hydrogen-bond donors (Lipinski definition) is 2. The molecule has 78 valence electrons. The van der Waals surface area contributed by atoms with Crippen LogP contribution in [0, 0.1) is 5.92 Å². The van der Waals surface area contributed by atoms with E-state index >= 15 is 0 Å². The average Bonchev–Trinajstić information content (AvgIpc) is 2.08. The van der Waals surface area contributed by atoms with Gasteiger partial charge in [-0.2, -0.15) is 0 Å². The molecule has 2 N–H and O–H groups in total. The summed E-state index contributed by atoms with van der Waals surface area (Å²) in [7, 11) is 2.02. The summed E-state index contributed by atoms with van der Waals surface area (Å²) >= 11 is 0. The molecular weight excluding hydrogens is 164 g/mol. The molecule has 1 unspecified atom stereocenters. The van der Waals surface area contributed by atoms with E-state index in [1.807, 2.05) is 14.0 Å². The first-order valence-corrected chi connectivity index (χ1v) is 5.27. The van der Waals surface area contributed by atoms with Crippen LogP contribution in [0.15, 0.2) is 0 Å². The molecule has 0 saturated carbocycles. The number of hydrogen-bond acceptors (Lipinski definition) is 3. The van der Waals surface area contributed by atoms with Crippen LogP contribution in [0.2, 0.25) is 0 Å². The summed E-state index contributed by atoms with van der Waals surface area (Å²) < 4.78 is 0. The second kappa shape index (κ2) is 5.58. The van der Waals surface area contributed by atoms with Gasteiger partial charge >= 0.3 is 0 Å². The summed E-state index contributed by atoms with van der Waals surface area (Å²) in [5.41, 5.74) is 0. The van der Waals surface area contributed by atoms with Crippen LogP contribution < -0.4 is 5.32 Å². The number of nitrogens with zero attached hydrogens (tertiary/aromatic N) is 1. The van der Waals surface area contributed by atoms with E-state index in [1.165, 1.54) is 12.8 Å². The third-order valence-electron chi connectivity index (χ3n) is 2.72. The number of piperidine rings is 1. The minimum absolute atomic E-state index is 0.180. The van der Waals surface area contributed by atoms with E-state index in [4.69, 9.17) is 0 Å². The zero-order valence-electron chi connectivity index (χ0n) is 8.79. The van der Waals surface area contributed by atoms with Gasteiger partial charge in [0.05, 0.1) is 6.10 Å². The van der Waals surface area contributed by atoms with Crippen LogP contribution in [0.3, 0.4) is 0 Å². The van der Waals surface area contributed by atoms with Crippen molar-refractivity contribution < 1.29 is 5.11 Å². The van der Waals surface area contributed by atoms with Gasteiger partial charge in [-0.1, -0.05) is 0 Å². The van der Waals surface area contributed by atoms with Crippen LogP contribution in [-0.4, -0.2) is 49.3 Å². The van der Waals surface area contributed by atoms with Gasteiger partial charge in [0.25, 0.3) is 0 Å². The number of rotatable bonds is 4. The second-order valence-corrected chi connectivity index (χ2v) is 4.15. The van der Waals surface area contributed by atoms with Gasteiger partial charge in [-0.15, -0.1) is 0 Å². The zero-order valence-corrected chi connectivity index (χ0v) is 8.79. The Bertz CT molecular complexity index is 131. The molecule has 1 fully saturated rings. The van der Waals surface area contributed by atoms with E-state index in [2.05, 4.69) is 10.2 Å². The number of nitrogens with one attached hydrogen (secondary N) is 1. The minimum Gasteiger partial charge on any atom is -0.392 e. The molecule has 0 spiro atoms. The molecule has 0 aromatic carbocycles. The fourth-order valence-corrected chi connectivity index (χ4v) is 2.04. The zero-order chi connectivity index (χ0) is 9.68. The molecule has 0 aromatic heterocycles. The monoisotopic (exact) mass is 186 g/mol. The SMILES string of the molecule is CNCC1CCN(CC(C)O)CC1. The highest BCUT2D eigenvalue weighted by Gasteiger charge is 2.18. The lowest BCUT2D eigenvalue weighted by atomic mass is 9.97. The molecule has 1 aliphatic rings. The average molecular weight is 186 g/mol. The van der Waals surface area contributed by atoms with E-state index in [0.717, 1.165) is 32.1 Å². The van der Waals surface area contributed by atoms with E-state index in [9.17, 15) is 5.11 Å². The standard InChI is InChI=1S/C10H22N2O/c1-9(13)8-12-5-3-10(4-6-12)7-11-2/h9-11,13H,3-8H2,1-2H3. The maximum absolute atomic E-state index is 9.22. The third kappa shape index (κ3) is 4.07. The van der Waals surface area contributed by atoms with Gasteiger partial charge in [-0.3, -0.25) is 0 Å². The molecule has 1 atom stereocenters. The lowest BCUT2D eigenvalue weighted by Gasteiger charge is -2.32. The molecule has 0 radical (unpaired) electrons. The summed E-state index contributed by atoms with van der Waals surface area (Å²) in [5, 5.41) is 12.4. The van der Waals surface area contributed by atoms with Crippen molar-refractivity contribution in [3.05, 3.63) is 0 Å². The molecular formula is C10H22N2O. The summed E-state index contributed by atoms with van der Waals surface area (Å²) in [6.07, 6.45) is 2.36. The first-order chi connectivity index (χ1) is 6.22. The maximum Gasteiger partial charge on any atom is 0.0639 e. The highest BCUT2D eigenvalue weighted by molar-refractivity contribution is 4.74. The van der Waals surface area contributed by atoms with Crippen molar-refractivity contribution in [1.82, 2.24) is 10.2 Å². The molecule has 3 nitrogen and oxygen atoms in total. The first-order valence-electron chi connectivity index (χ1n) is 5.27. The van der Waals surface area contributed by atoms with Crippen molar-refractivity contribution in [3.8, 4) is 0 Å². The molecule has 1 saturated heterocycles. The Kier molecular flexibility index (Phi) is 4.70. The summed E-state index contributed by atoms with van der Waals surface area (Å²) in [5.74, 6) is 0.843. The van der Waals surface area contributed by atoms with Crippen LogP contribution in [-0.2, 0) is 0 Å². The second-order valence-electron chi connectivity index (χ2n) is 4.15. The van der Waals surface area contributed by atoms with Crippen molar-refractivity contribution in [1.29, 1.82) is 0 Å². The van der Waals surface area contributed by atoms with Crippen molar-refractivity contribution in [3.63, 3.8) is 0 Å². The van der Waals surface area contributed by atoms with Crippen molar-refractivity contribution in [2.75, 3.05) is 33.2 Å². The molecule has 0 amide bonds. The largest absolute Gasteiger partial charge is 0.392 e. The number of aliphatic hydroxyl groups excluding tert-OH is 1. The lowest BCUT2D eigenvalue weighted by Crippen LogP contribution is -2.39. The van der Waals surface area contributed by atoms with Crippen LogP contribution in [0.4, 0.5) is 0 Å². The normalized spacial score (nSPS) is 23.3. The Labute approximate surface area is 81.1 Å². The van der Waals surface area contributed by atoms with Crippen LogP contribution >= 0.6 is 0 Å². The van der Waals surface area contributed by atoms with Crippen LogP contribution in [0.5, 0.6) is 0 Å². The molecule has 1 heterocycles. The van der Waals surface area contributed by atoms with Crippen molar-refractivity contribution in [2.45, 2.75) is 25.9 Å². The van der Waals surface area contributed by atoms with E-state index in [1.54, 1.807) is 0 Å². The highest BCUT2D eigenvalue weighted by Crippen LogP contribution is 2.16. The fourth-order valence-electron chi connectivity index (χ4n) is 2.04. The molecule has 1 aliphatic heterocycles. The Morgan fingerprint density at radius 3 is 2.54 bits per heavy atom. The molecule has 13 heavy (non-hydrogen) atoms. The number of β-amino-alcohol motifs (C(OH)–C–C–N with tert-alkyl or cyclic N) is 1. The van der Waals surface area contributed by atoms with Crippen LogP contribution in [0.25, 0.3) is 0 Å². The van der Waals surface area contributed by atoms with Gasteiger partial charge in [0.1, 0.15) is 0 Å². The smallest absolute Gasteiger partial charge is 0.0639 e. The van der Waals surface area contributed by atoms with Gasteiger partial charge in [-0.25, -0.2) is 0 Å². The lowest BCUT2D eigenvalue weighted by molar-refractivity contribution is 0.100. The van der Waals surface area contributed by atoms with Gasteiger partial charge in [0.15, 0.2) is 0 Å². The number of likely N-dealkylation sites (tertiary alicyclic amines) is 1. The van der Waals surface area contributed by atoms with Crippen molar-refractivity contribution in [2.24, 2.45) is 5.92 Å². The molecule has 3 heteroatoms. The Balaban J connectivity index is 2.15. The Hall–Kier alpha value is -0.120. The van der Waals surface area contributed by atoms with Gasteiger partial charge in [-0.05, 0) is 52.4 Å². The maximum atomic E-state index is 9.22. The quantitative estimate of drug-likeness (QED) is 0.663. The first kappa shape index (κ1) is 11.0. The number of aliphatic hydroxyl groups is 1. The van der Waals surface area contributed by atoms with E-state index in [-0.39, 0.29) is 6.10 Å². The van der Waals surface area contributed by atoms with E-state index < -0.39 is 0 Å². The minimum atomic E-state index is -0.180. The summed E-state index contributed by atoms with van der Waals surface area (Å²) in [6.45, 7) is 6.14. The predicted molar refractivity (Wildman–Crippen MR) is 54.8 cm³/mol. The Morgan fingerprint density at radius 1 is 1.46 bits per heavy atom. The topological polar surface area (TPSA) is 35.5 Å². The fraction of sp³-hybridized carbons (Fsp3) is 1.00. The molecule has 0 aliphatic carbocycles. The summed E-state index contributed by atoms with van der Waals surface area (Å²) in [6, 6.07) is 0. The molecule has 0 aromatic rings. The van der Waals surface area contributed by atoms with Crippen LogP contribution in [0.1, 0.15) is 19.8 Å². The molecule has 0 bridgehead atoms. The Morgan fingerprint density at radius 2 is 2.08 bits per heavy atom. The third-order valence-corrected chi connectivity index (χ3v) is 2.72. The van der Waals surface area contributed by atoms with Gasteiger partial charge in [0.2, 0.25) is 0 Å². The summed E-state index contributed by atoms with van der Waals surface area (Å²) in [4.78, 5) is 2.36. The molecule has 1 rings (SSSR count). The van der Waals surface area contributed by atoms with E-state index in [0.29, 0.717) is 0 Å². The highest BCUT2D eigenvalue weighted by atomic mass is 16.3. The van der Waals surface area contributed by atoms with Gasteiger partial charge in [0, 0.05) is 6.54 Å². The van der Waals surface area contributed by atoms with Crippen molar-refractivity contribution >= 4 is 0 Å².